The van der Waals surface area contributed by atoms with E-state index in [-0.39, 0.29) is 5.54 Å². The van der Waals surface area contributed by atoms with E-state index in [9.17, 15) is 0 Å². The van der Waals surface area contributed by atoms with E-state index in [1.54, 1.807) is 13.4 Å². The van der Waals surface area contributed by atoms with Crippen molar-refractivity contribution in [2.45, 2.75) is 25.3 Å². The van der Waals surface area contributed by atoms with Crippen LogP contribution in [0.4, 0.5) is 0 Å². The van der Waals surface area contributed by atoms with Crippen LogP contribution in [-0.4, -0.2) is 25.8 Å². The van der Waals surface area contributed by atoms with Gasteiger partial charge in [0.05, 0.1) is 12.9 Å². The van der Waals surface area contributed by atoms with E-state index < -0.39 is 0 Å². The zero-order chi connectivity index (χ0) is 10.7. The smallest absolute Gasteiger partial charge is 0.104 e. The van der Waals surface area contributed by atoms with Crippen LogP contribution in [0.3, 0.4) is 0 Å². The third-order valence-electron chi connectivity index (χ3n) is 3.09. The third kappa shape index (κ3) is 2.61. The number of hydrogen-bond donors (Lipinski definition) is 1. The van der Waals surface area contributed by atoms with Crippen LogP contribution in [0.5, 0.6) is 0 Å². The Hall–Kier alpha value is -0.800. The standard InChI is InChI=1S/C12H19NO2/c1-12(9-14-2)7-10(8-13-12)6-11-4-3-5-15-11/h3-5,10,13H,6-9H2,1-2H3. The molecule has 84 valence electrons. The molecule has 2 rings (SSSR count). The molecule has 2 unspecified atom stereocenters. The Morgan fingerprint density at radius 1 is 1.67 bits per heavy atom. The van der Waals surface area contributed by atoms with Gasteiger partial charge < -0.3 is 14.5 Å². The Bertz CT molecular complexity index is 297. The van der Waals surface area contributed by atoms with Gasteiger partial charge in [0.1, 0.15) is 5.76 Å². The lowest BCUT2D eigenvalue weighted by atomic mass is 9.93. The average Bonchev–Trinajstić information content (AvgIpc) is 2.78. The molecular formula is C12H19NO2. The van der Waals surface area contributed by atoms with Gasteiger partial charge in [-0.2, -0.15) is 0 Å². The molecule has 0 amide bonds. The highest BCUT2D eigenvalue weighted by molar-refractivity contribution is 5.03. The zero-order valence-electron chi connectivity index (χ0n) is 9.45. The number of furan rings is 1. The largest absolute Gasteiger partial charge is 0.469 e. The van der Waals surface area contributed by atoms with Gasteiger partial charge >= 0.3 is 0 Å². The normalized spacial score (nSPS) is 30.9. The highest BCUT2D eigenvalue weighted by Crippen LogP contribution is 2.26. The van der Waals surface area contributed by atoms with Gasteiger partial charge in [-0.1, -0.05) is 0 Å². The summed E-state index contributed by atoms with van der Waals surface area (Å²) in [6.45, 7) is 4.06. The average molecular weight is 209 g/mol. The van der Waals surface area contributed by atoms with Crippen LogP contribution < -0.4 is 5.32 Å². The molecule has 0 aliphatic carbocycles. The number of nitrogens with one attached hydrogen (secondary N) is 1. The fourth-order valence-corrected chi connectivity index (χ4v) is 2.46. The molecule has 15 heavy (non-hydrogen) atoms. The maximum Gasteiger partial charge on any atom is 0.104 e. The first-order valence-corrected chi connectivity index (χ1v) is 5.48. The molecule has 1 saturated heterocycles. The van der Waals surface area contributed by atoms with E-state index in [0.717, 1.165) is 31.8 Å². The van der Waals surface area contributed by atoms with Crippen molar-refractivity contribution < 1.29 is 9.15 Å². The van der Waals surface area contributed by atoms with Crippen molar-refractivity contribution in [3.05, 3.63) is 24.2 Å². The van der Waals surface area contributed by atoms with Gasteiger partial charge in [-0.15, -0.1) is 0 Å². The van der Waals surface area contributed by atoms with E-state index in [0.29, 0.717) is 5.92 Å². The molecule has 1 aliphatic heterocycles. The molecule has 2 heterocycles. The second kappa shape index (κ2) is 4.37. The number of rotatable bonds is 4. The van der Waals surface area contributed by atoms with Crippen molar-refractivity contribution in [3.8, 4) is 0 Å². The van der Waals surface area contributed by atoms with E-state index in [4.69, 9.17) is 9.15 Å². The van der Waals surface area contributed by atoms with Gasteiger partial charge in [0.15, 0.2) is 0 Å². The summed E-state index contributed by atoms with van der Waals surface area (Å²) < 4.78 is 10.6. The second-order valence-electron chi connectivity index (χ2n) is 4.73. The number of hydrogen-bond acceptors (Lipinski definition) is 3. The van der Waals surface area contributed by atoms with Crippen molar-refractivity contribution in [2.24, 2.45) is 5.92 Å². The monoisotopic (exact) mass is 209 g/mol. The van der Waals surface area contributed by atoms with Crippen LogP contribution in [0.15, 0.2) is 22.8 Å². The highest BCUT2D eigenvalue weighted by Gasteiger charge is 2.34. The number of methoxy groups -OCH3 is 1. The fourth-order valence-electron chi connectivity index (χ4n) is 2.46. The van der Waals surface area contributed by atoms with Gasteiger partial charge in [-0.3, -0.25) is 0 Å². The second-order valence-corrected chi connectivity index (χ2v) is 4.73. The SMILES string of the molecule is COCC1(C)CC(Cc2ccco2)CN1. The predicted molar refractivity (Wildman–Crippen MR) is 58.8 cm³/mol. The van der Waals surface area contributed by atoms with Crippen LogP contribution >= 0.6 is 0 Å². The Labute approximate surface area is 90.8 Å². The van der Waals surface area contributed by atoms with Crippen LogP contribution in [0.25, 0.3) is 0 Å². The molecule has 0 saturated carbocycles. The molecule has 0 spiro atoms. The molecule has 3 nitrogen and oxygen atoms in total. The lowest BCUT2D eigenvalue weighted by molar-refractivity contribution is 0.128. The Kier molecular flexibility index (Phi) is 3.12. The summed E-state index contributed by atoms with van der Waals surface area (Å²) in [5.41, 5.74) is 0.145. The maximum atomic E-state index is 5.36. The van der Waals surface area contributed by atoms with Gasteiger partial charge in [0, 0.05) is 19.1 Å². The highest BCUT2D eigenvalue weighted by atomic mass is 16.5. The third-order valence-corrected chi connectivity index (χ3v) is 3.09. The first kappa shape index (κ1) is 10.7. The van der Waals surface area contributed by atoms with Gasteiger partial charge in [0.2, 0.25) is 0 Å². The van der Waals surface area contributed by atoms with E-state index in [1.807, 2.05) is 12.1 Å². The quantitative estimate of drug-likeness (QED) is 0.821. The van der Waals surface area contributed by atoms with E-state index in [2.05, 4.69) is 12.2 Å². The molecule has 0 radical (unpaired) electrons. The molecule has 1 fully saturated rings. The summed E-state index contributed by atoms with van der Waals surface area (Å²) in [6, 6.07) is 4.00. The number of ether oxygens (including phenoxy) is 1. The zero-order valence-corrected chi connectivity index (χ0v) is 9.45. The summed E-state index contributed by atoms with van der Waals surface area (Å²) in [5, 5.41) is 3.53. The molecule has 3 heteroatoms. The molecule has 1 aromatic heterocycles. The Morgan fingerprint density at radius 3 is 3.20 bits per heavy atom. The van der Waals surface area contributed by atoms with Crippen LogP contribution in [0, 0.1) is 5.92 Å². The lowest BCUT2D eigenvalue weighted by Crippen LogP contribution is -2.40. The minimum absolute atomic E-state index is 0.145. The minimum atomic E-state index is 0.145. The Balaban J connectivity index is 1.87. The summed E-state index contributed by atoms with van der Waals surface area (Å²) in [7, 11) is 1.76. The van der Waals surface area contributed by atoms with Crippen LogP contribution in [-0.2, 0) is 11.2 Å². The predicted octanol–water partition coefficient (Wildman–Crippen LogP) is 1.84. The van der Waals surface area contributed by atoms with Gasteiger partial charge in [-0.05, 0) is 37.9 Å². The molecular weight excluding hydrogens is 190 g/mol. The van der Waals surface area contributed by atoms with Crippen molar-refractivity contribution >= 4 is 0 Å². The molecule has 1 aromatic rings. The topological polar surface area (TPSA) is 34.4 Å². The van der Waals surface area contributed by atoms with Gasteiger partial charge in [0.25, 0.3) is 0 Å². The van der Waals surface area contributed by atoms with Crippen LogP contribution in [0.1, 0.15) is 19.1 Å². The summed E-state index contributed by atoms with van der Waals surface area (Å²) in [5.74, 6) is 1.75. The Morgan fingerprint density at radius 2 is 2.53 bits per heavy atom. The molecule has 0 aromatic carbocycles. The minimum Gasteiger partial charge on any atom is -0.469 e. The van der Waals surface area contributed by atoms with Crippen molar-refractivity contribution in [1.82, 2.24) is 5.32 Å². The first-order chi connectivity index (χ1) is 7.22. The fraction of sp³-hybridized carbons (Fsp3) is 0.667. The van der Waals surface area contributed by atoms with Crippen molar-refractivity contribution in [2.75, 3.05) is 20.3 Å². The van der Waals surface area contributed by atoms with Gasteiger partial charge in [-0.25, -0.2) is 0 Å². The molecule has 0 bridgehead atoms. The van der Waals surface area contributed by atoms with Crippen molar-refractivity contribution in [1.29, 1.82) is 0 Å². The maximum absolute atomic E-state index is 5.36. The molecule has 1 aliphatic rings. The first-order valence-electron chi connectivity index (χ1n) is 5.48. The summed E-state index contributed by atoms with van der Waals surface area (Å²) in [6.07, 6.45) is 3.92. The van der Waals surface area contributed by atoms with E-state index >= 15 is 0 Å². The summed E-state index contributed by atoms with van der Waals surface area (Å²) >= 11 is 0. The van der Waals surface area contributed by atoms with Crippen molar-refractivity contribution in [3.63, 3.8) is 0 Å². The lowest BCUT2D eigenvalue weighted by Gasteiger charge is -2.23. The summed E-state index contributed by atoms with van der Waals surface area (Å²) in [4.78, 5) is 0. The van der Waals surface area contributed by atoms with Crippen LogP contribution in [0.2, 0.25) is 0 Å². The molecule has 2 atom stereocenters. The van der Waals surface area contributed by atoms with E-state index in [1.165, 1.54) is 0 Å². The molecule has 1 N–H and O–H groups in total.